The second kappa shape index (κ2) is 13.1. The Morgan fingerprint density at radius 1 is 0.708 bits per heavy atom. The standard InChI is InChI=1S/C13H22N2O4.C4H10O/c16-12(18-14-7-3-1-4-8-14)11-13(17)19-15-9-5-2-6-10-15;1-3-5-4-2/h1-11H2;3-4H2,1-2H3. The Bertz CT molecular complexity index is 321. The van der Waals surface area contributed by atoms with Gasteiger partial charge in [0, 0.05) is 39.4 Å². The summed E-state index contributed by atoms with van der Waals surface area (Å²) in [7, 11) is 0. The maximum atomic E-state index is 11.6. The van der Waals surface area contributed by atoms with Crippen LogP contribution in [0.1, 0.15) is 58.8 Å². The lowest BCUT2D eigenvalue weighted by atomic mass is 10.2. The van der Waals surface area contributed by atoms with Crippen LogP contribution < -0.4 is 0 Å². The zero-order chi connectivity index (χ0) is 17.6. The van der Waals surface area contributed by atoms with Crippen LogP contribution in [0.3, 0.4) is 0 Å². The SMILES string of the molecule is CCOCC.O=C(CC(=O)ON1CCCCC1)ON1CCCCC1. The van der Waals surface area contributed by atoms with Crippen LogP contribution in [0.25, 0.3) is 0 Å². The van der Waals surface area contributed by atoms with Crippen LogP contribution in [0, 0.1) is 0 Å². The van der Waals surface area contributed by atoms with Crippen molar-refractivity contribution in [2.24, 2.45) is 0 Å². The molecule has 0 saturated carbocycles. The van der Waals surface area contributed by atoms with Gasteiger partial charge in [-0.05, 0) is 39.5 Å². The molecule has 0 aromatic heterocycles. The van der Waals surface area contributed by atoms with Crippen molar-refractivity contribution in [2.75, 3.05) is 39.4 Å². The highest BCUT2D eigenvalue weighted by atomic mass is 16.7. The Kier molecular flexibility index (Phi) is 11.4. The lowest BCUT2D eigenvalue weighted by molar-refractivity contribution is -0.206. The molecule has 2 aliphatic heterocycles. The first kappa shape index (κ1) is 20.9. The second-order valence-corrected chi connectivity index (χ2v) is 5.86. The van der Waals surface area contributed by atoms with Gasteiger partial charge >= 0.3 is 11.9 Å². The van der Waals surface area contributed by atoms with E-state index in [0.717, 1.165) is 65.1 Å². The minimum Gasteiger partial charge on any atom is -0.382 e. The summed E-state index contributed by atoms with van der Waals surface area (Å²) in [5, 5.41) is 3.28. The highest BCUT2D eigenvalue weighted by Crippen LogP contribution is 2.11. The van der Waals surface area contributed by atoms with Gasteiger partial charge in [0.05, 0.1) is 0 Å². The van der Waals surface area contributed by atoms with E-state index in [9.17, 15) is 9.59 Å². The largest absolute Gasteiger partial charge is 0.382 e. The van der Waals surface area contributed by atoms with Crippen LogP contribution in [0.4, 0.5) is 0 Å². The van der Waals surface area contributed by atoms with Crippen LogP contribution in [0.15, 0.2) is 0 Å². The summed E-state index contributed by atoms with van der Waals surface area (Å²) in [5.74, 6) is -1.05. The fourth-order valence-corrected chi connectivity index (χ4v) is 2.59. The maximum Gasteiger partial charge on any atom is 0.336 e. The summed E-state index contributed by atoms with van der Waals surface area (Å²) in [6.45, 7) is 8.69. The fraction of sp³-hybridized carbons (Fsp3) is 0.882. The van der Waals surface area contributed by atoms with Crippen molar-refractivity contribution in [3.63, 3.8) is 0 Å². The first-order valence-corrected chi connectivity index (χ1v) is 9.15. The Hall–Kier alpha value is -1.18. The van der Waals surface area contributed by atoms with Gasteiger partial charge in [-0.3, -0.25) is 0 Å². The molecule has 2 fully saturated rings. The van der Waals surface area contributed by atoms with Crippen molar-refractivity contribution in [2.45, 2.75) is 58.8 Å². The molecule has 0 spiro atoms. The number of rotatable bonds is 6. The zero-order valence-electron chi connectivity index (χ0n) is 15.1. The number of piperidine rings is 2. The van der Waals surface area contributed by atoms with Gasteiger partial charge in [-0.2, -0.15) is 0 Å². The smallest absolute Gasteiger partial charge is 0.336 e. The molecular weight excluding hydrogens is 312 g/mol. The first-order valence-electron chi connectivity index (χ1n) is 9.15. The van der Waals surface area contributed by atoms with Crippen molar-refractivity contribution >= 4 is 11.9 Å². The van der Waals surface area contributed by atoms with E-state index < -0.39 is 11.9 Å². The monoisotopic (exact) mass is 344 g/mol. The molecule has 0 amide bonds. The number of nitrogens with zero attached hydrogens (tertiary/aromatic N) is 2. The highest BCUT2D eigenvalue weighted by Gasteiger charge is 2.21. The molecule has 0 N–H and O–H groups in total. The molecule has 0 unspecified atom stereocenters. The van der Waals surface area contributed by atoms with Gasteiger partial charge in [-0.25, -0.2) is 9.59 Å². The number of ether oxygens (including phenoxy) is 1. The fourth-order valence-electron chi connectivity index (χ4n) is 2.59. The molecule has 7 heteroatoms. The molecule has 0 radical (unpaired) electrons. The second-order valence-electron chi connectivity index (χ2n) is 5.86. The quantitative estimate of drug-likeness (QED) is 0.685. The van der Waals surface area contributed by atoms with E-state index in [0.29, 0.717) is 0 Å². The van der Waals surface area contributed by atoms with Crippen molar-refractivity contribution in [3.8, 4) is 0 Å². The summed E-state index contributed by atoms with van der Waals surface area (Å²) in [5.41, 5.74) is 0. The minimum absolute atomic E-state index is 0.313. The van der Waals surface area contributed by atoms with Crippen LogP contribution in [-0.4, -0.2) is 61.5 Å². The van der Waals surface area contributed by atoms with Gasteiger partial charge in [0.2, 0.25) is 0 Å². The van der Waals surface area contributed by atoms with E-state index in [2.05, 4.69) is 0 Å². The third-order valence-corrected chi connectivity index (χ3v) is 3.79. The Balaban J connectivity index is 0.000000505. The molecule has 0 aliphatic carbocycles. The summed E-state index contributed by atoms with van der Waals surface area (Å²) in [6.07, 6.45) is 6.16. The predicted molar refractivity (Wildman–Crippen MR) is 89.8 cm³/mol. The van der Waals surface area contributed by atoms with E-state index in [4.69, 9.17) is 14.4 Å². The van der Waals surface area contributed by atoms with Crippen LogP contribution >= 0.6 is 0 Å². The number of carbonyl (C=O) groups is 2. The molecule has 0 aromatic rings. The van der Waals surface area contributed by atoms with Crippen molar-refractivity contribution in [3.05, 3.63) is 0 Å². The Morgan fingerprint density at radius 3 is 1.38 bits per heavy atom. The molecule has 2 rings (SSSR count). The first-order chi connectivity index (χ1) is 11.7. The normalized spacial score (nSPS) is 19.1. The van der Waals surface area contributed by atoms with Gasteiger partial charge < -0.3 is 14.4 Å². The number of hydroxylamine groups is 4. The minimum atomic E-state index is -0.524. The average molecular weight is 344 g/mol. The number of hydrogen-bond donors (Lipinski definition) is 0. The molecule has 2 saturated heterocycles. The number of carbonyl (C=O) groups excluding carboxylic acids is 2. The van der Waals surface area contributed by atoms with Gasteiger partial charge in [0.1, 0.15) is 6.42 Å². The lowest BCUT2D eigenvalue weighted by Gasteiger charge is -2.26. The predicted octanol–water partition coefficient (Wildman–Crippen LogP) is 2.31. The van der Waals surface area contributed by atoms with Crippen LogP contribution in [-0.2, 0) is 24.0 Å². The topological polar surface area (TPSA) is 68.3 Å². The molecule has 24 heavy (non-hydrogen) atoms. The summed E-state index contributed by atoms with van der Waals surface area (Å²) < 4.78 is 4.83. The third kappa shape index (κ3) is 9.85. The van der Waals surface area contributed by atoms with Crippen molar-refractivity contribution in [1.29, 1.82) is 0 Å². The molecule has 140 valence electrons. The Morgan fingerprint density at radius 2 is 1.08 bits per heavy atom. The van der Waals surface area contributed by atoms with Gasteiger partial charge in [0.25, 0.3) is 0 Å². The summed E-state index contributed by atoms with van der Waals surface area (Å²) in [6, 6.07) is 0. The van der Waals surface area contributed by atoms with E-state index in [1.54, 1.807) is 10.1 Å². The van der Waals surface area contributed by atoms with Gasteiger partial charge in [-0.1, -0.05) is 12.8 Å². The van der Waals surface area contributed by atoms with Crippen molar-refractivity contribution < 1.29 is 24.0 Å². The van der Waals surface area contributed by atoms with Gasteiger partial charge in [0.15, 0.2) is 0 Å². The molecular formula is C17H32N2O5. The molecule has 2 heterocycles. The van der Waals surface area contributed by atoms with E-state index >= 15 is 0 Å². The molecule has 0 bridgehead atoms. The lowest BCUT2D eigenvalue weighted by Crippen LogP contribution is -2.35. The molecule has 2 aliphatic rings. The van der Waals surface area contributed by atoms with Crippen LogP contribution in [0.2, 0.25) is 0 Å². The average Bonchev–Trinajstić information content (AvgIpc) is 2.57. The number of hydrogen-bond acceptors (Lipinski definition) is 7. The highest BCUT2D eigenvalue weighted by molar-refractivity contribution is 5.90. The maximum absolute atomic E-state index is 11.6. The van der Waals surface area contributed by atoms with Crippen molar-refractivity contribution in [1.82, 2.24) is 10.1 Å². The van der Waals surface area contributed by atoms with E-state index in [1.165, 1.54) is 12.8 Å². The zero-order valence-corrected chi connectivity index (χ0v) is 15.1. The van der Waals surface area contributed by atoms with Gasteiger partial charge in [-0.15, -0.1) is 10.1 Å². The molecule has 0 aromatic carbocycles. The Labute approximate surface area is 145 Å². The third-order valence-electron chi connectivity index (χ3n) is 3.79. The molecule has 7 nitrogen and oxygen atoms in total. The van der Waals surface area contributed by atoms with E-state index in [1.807, 2.05) is 13.8 Å². The summed E-state index contributed by atoms with van der Waals surface area (Å²) >= 11 is 0. The summed E-state index contributed by atoms with van der Waals surface area (Å²) in [4.78, 5) is 33.4. The molecule has 0 atom stereocenters. The van der Waals surface area contributed by atoms with Crippen LogP contribution in [0.5, 0.6) is 0 Å². The van der Waals surface area contributed by atoms with E-state index in [-0.39, 0.29) is 6.42 Å².